The van der Waals surface area contributed by atoms with E-state index in [1.54, 1.807) is 18.3 Å². The first-order valence-electron chi connectivity index (χ1n) is 6.20. The number of nitrogens with zero attached hydrogens (tertiary/aromatic N) is 2. The van der Waals surface area contributed by atoms with Crippen LogP contribution in [0.1, 0.15) is 23.2 Å². The number of rotatable bonds is 6. The zero-order valence-electron chi connectivity index (χ0n) is 10.8. The molecule has 0 radical (unpaired) electrons. The molecule has 98 valence electrons. The highest BCUT2D eigenvalue weighted by Crippen LogP contribution is 2.24. The molecule has 0 aromatic carbocycles. The van der Waals surface area contributed by atoms with E-state index in [9.17, 15) is 4.79 Å². The van der Waals surface area contributed by atoms with E-state index in [0.717, 1.165) is 12.6 Å². The molecule has 1 fully saturated rings. The molecule has 1 aromatic heterocycles. The maximum Gasteiger partial charge on any atom is 0.256 e. The molecule has 0 unspecified atom stereocenters. The molecule has 0 bridgehead atoms. The van der Waals surface area contributed by atoms with Gasteiger partial charge in [-0.1, -0.05) is 0 Å². The minimum atomic E-state index is -0.135. The van der Waals surface area contributed by atoms with Gasteiger partial charge < -0.3 is 15.0 Å². The van der Waals surface area contributed by atoms with E-state index in [1.165, 1.54) is 20.0 Å². The Morgan fingerprint density at radius 2 is 2.39 bits per heavy atom. The number of carbonyl (C=O) groups excluding carboxylic acids is 1. The van der Waals surface area contributed by atoms with Gasteiger partial charge in [0.15, 0.2) is 0 Å². The molecule has 1 aromatic rings. The van der Waals surface area contributed by atoms with E-state index in [2.05, 4.69) is 22.2 Å². The summed E-state index contributed by atoms with van der Waals surface area (Å²) in [6.07, 6.45) is 4.16. The number of pyridine rings is 1. The van der Waals surface area contributed by atoms with Crippen LogP contribution in [0.25, 0.3) is 0 Å². The molecular formula is C13H19N3O2. The highest BCUT2D eigenvalue weighted by molar-refractivity contribution is 5.96. The number of hydrogen-bond acceptors (Lipinski definition) is 4. The first kappa shape index (κ1) is 12.8. The number of amides is 1. The average molecular weight is 249 g/mol. The lowest BCUT2D eigenvalue weighted by atomic mass is 10.2. The van der Waals surface area contributed by atoms with Crippen LogP contribution >= 0.6 is 0 Å². The molecular weight excluding hydrogens is 230 g/mol. The molecule has 1 aliphatic rings. The van der Waals surface area contributed by atoms with Crippen molar-refractivity contribution in [1.29, 1.82) is 0 Å². The van der Waals surface area contributed by atoms with Crippen molar-refractivity contribution in [2.75, 3.05) is 27.2 Å². The Morgan fingerprint density at radius 3 is 3.06 bits per heavy atom. The Bertz CT molecular complexity index is 418. The highest BCUT2D eigenvalue weighted by atomic mass is 16.5. The normalized spacial score (nSPS) is 14.6. The second-order valence-electron chi connectivity index (χ2n) is 4.53. The molecule has 5 heteroatoms. The first-order valence-corrected chi connectivity index (χ1v) is 6.20. The third-order valence-electron chi connectivity index (χ3n) is 3.13. The van der Waals surface area contributed by atoms with Gasteiger partial charge in [-0.3, -0.25) is 4.79 Å². The number of methoxy groups -OCH3 is 1. The molecule has 2 rings (SSSR count). The van der Waals surface area contributed by atoms with Gasteiger partial charge in [-0.25, -0.2) is 4.98 Å². The second-order valence-corrected chi connectivity index (χ2v) is 4.53. The maximum absolute atomic E-state index is 11.9. The van der Waals surface area contributed by atoms with E-state index in [-0.39, 0.29) is 5.91 Å². The molecule has 1 saturated carbocycles. The maximum atomic E-state index is 11.9. The van der Waals surface area contributed by atoms with Crippen LogP contribution in [-0.4, -0.2) is 49.1 Å². The van der Waals surface area contributed by atoms with E-state index >= 15 is 0 Å². The summed E-state index contributed by atoms with van der Waals surface area (Å²) in [6.45, 7) is 1.52. The van der Waals surface area contributed by atoms with E-state index in [1.807, 2.05) is 0 Å². The summed E-state index contributed by atoms with van der Waals surface area (Å²) in [7, 11) is 3.61. The standard InChI is InChI=1S/C13H19N3O2/c1-16(10-5-6-10)9-8-14-12(17)11-4-3-7-15-13(11)18-2/h3-4,7,10H,5-6,8-9H2,1-2H3,(H,14,17). The summed E-state index contributed by atoms with van der Waals surface area (Å²) in [6, 6.07) is 4.16. The summed E-state index contributed by atoms with van der Waals surface area (Å²) < 4.78 is 5.06. The Kier molecular flexibility index (Phi) is 4.15. The molecule has 0 spiro atoms. The lowest BCUT2D eigenvalue weighted by Gasteiger charge is -2.15. The molecule has 0 atom stereocenters. The largest absolute Gasteiger partial charge is 0.480 e. The van der Waals surface area contributed by atoms with Crippen molar-refractivity contribution in [3.05, 3.63) is 23.9 Å². The molecule has 1 heterocycles. The van der Waals surface area contributed by atoms with Gasteiger partial charge in [-0.05, 0) is 32.0 Å². The number of nitrogens with one attached hydrogen (secondary N) is 1. The summed E-state index contributed by atoms with van der Waals surface area (Å²) in [5.74, 6) is 0.231. The fourth-order valence-corrected chi connectivity index (χ4v) is 1.87. The third-order valence-corrected chi connectivity index (χ3v) is 3.13. The van der Waals surface area contributed by atoms with Crippen LogP contribution < -0.4 is 10.1 Å². The quantitative estimate of drug-likeness (QED) is 0.814. The van der Waals surface area contributed by atoms with Gasteiger partial charge >= 0.3 is 0 Å². The summed E-state index contributed by atoms with van der Waals surface area (Å²) in [5.41, 5.74) is 0.481. The smallest absolute Gasteiger partial charge is 0.256 e. The first-order chi connectivity index (χ1) is 8.72. The summed E-state index contributed by atoms with van der Waals surface area (Å²) in [5, 5.41) is 2.89. The molecule has 0 saturated heterocycles. The van der Waals surface area contributed by atoms with Crippen molar-refractivity contribution in [3.8, 4) is 5.88 Å². The predicted molar refractivity (Wildman–Crippen MR) is 68.8 cm³/mol. The van der Waals surface area contributed by atoms with Crippen LogP contribution in [0.15, 0.2) is 18.3 Å². The van der Waals surface area contributed by atoms with Crippen molar-refractivity contribution in [2.45, 2.75) is 18.9 Å². The van der Waals surface area contributed by atoms with Crippen molar-refractivity contribution in [1.82, 2.24) is 15.2 Å². The SMILES string of the molecule is COc1ncccc1C(=O)NCCN(C)C1CC1. The van der Waals surface area contributed by atoms with Gasteiger partial charge in [0.25, 0.3) is 5.91 Å². The number of carbonyl (C=O) groups is 1. The molecule has 1 aliphatic carbocycles. The lowest BCUT2D eigenvalue weighted by molar-refractivity contribution is 0.0945. The molecule has 0 aliphatic heterocycles. The Morgan fingerprint density at radius 1 is 1.61 bits per heavy atom. The van der Waals surface area contributed by atoms with Crippen molar-refractivity contribution < 1.29 is 9.53 Å². The van der Waals surface area contributed by atoms with Crippen LogP contribution in [0.2, 0.25) is 0 Å². The van der Waals surface area contributed by atoms with Crippen molar-refractivity contribution in [3.63, 3.8) is 0 Å². The van der Waals surface area contributed by atoms with Crippen LogP contribution in [0.5, 0.6) is 5.88 Å². The minimum Gasteiger partial charge on any atom is -0.480 e. The molecule has 5 nitrogen and oxygen atoms in total. The topological polar surface area (TPSA) is 54.5 Å². The number of aromatic nitrogens is 1. The fraction of sp³-hybridized carbons (Fsp3) is 0.538. The predicted octanol–water partition coefficient (Wildman–Crippen LogP) is 0.914. The van der Waals surface area contributed by atoms with Crippen LogP contribution in [0, 0.1) is 0 Å². The van der Waals surface area contributed by atoms with Crippen LogP contribution in [-0.2, 0) is 0 Å². The van der Waals surface area contributed by atoms with Crippen LogP contribution in [0.3, 0.4) is 0 Å². The highest BCUT2D eigenvalue weighted by Gasteiger charge is 2.25. The van der Waals surface area contributed by atoms with Gasteiger partial charge in [-0.15, -0.1) is 0 Å². The Labute approximate surface area is 107 Å². The van der Waals surface area contributed by atoms with Crippen LogP contribution in [0.4, 0.5) is 0 Å². The fourth-order valence-electron chi connectivity index (χ4n) is 1.87. The number of hydrogen-bond donors (Lipinski definition) is 1. The summed E-state index contributed by atoms with van der Waals surface area (Å²) in [4.78, 5) is 18.2. The van der Waals surface area contributed by atoms with Gasteiger partial charge in [0.05, 0.1) is 7.11 Å². The molecule has 1 N–H and O–H groups in total. The number of likely N-dealkylation sites (N-methyl/N-ethyl adjacent to an activating group) is 1. The monoisotopic (exact) mass is 249 g/mol. The van der Waals surface area contributed by atoms with Crippen molar-refractivity contribution in [2.24, 2.45) is 0 Å². The van der Waals surface area contributed by atoms with Gasteiger partial charge in [0, 0.05) is 25.3 Å². The average Bonchev–Trinajstić information content (AvgIpc) is 3.22. The second kappa shape index (κ2) is 5.82. The van der Waals surface area contributed by atoms with E-state index in [0.29, 0.717) is 18.0 Å². The zero-order chi connectivity index (χ0) is 13.0. The van der Waals surface area contributed by atoms with Gasteiger partial charge in [0.1, 0.15) is 5.56 Å². The lowest BCUT2D eigenvalue weighted by Crippen LogP contribution is -2.34. The van der Waals surface area contributed by atoms with Gasteiger partial charge in [0.2, 0.25) is 5.88 Å². The summed E-state index contributed by atoms with van der Waals surface area (Å²) >= 11 is 0. The molecule has 1 amide bonds. The zero-order valence-corrected chi connectivity index (χ0v) is 10.8. The Hall–Kier alpha value is -1.62. The van der Waals surface area contributed by atoms with E-state index < -0.39 is 0 Å². The van der Waals surface area contributed by atoms with E-state index in [4.69, 9.17) is 4.74 Å². The molecule has 18 heavy (non-hydrogen) atoms. The third kappa shape index (κ3) is 3.20. The van der Waals surface area contributed by atoms with Crippen molar-refractivity contribution >= 4 is 5.91 Å². The Balaban J connectivity index is 1.83. The van der Waals surface area contributed by atoms with Gasteiger partial charge in [-0.2, -0.15) is 0 Å². The minimum absolute atomic E-state index is 0.135. The number of ether oxygens (including phenoxy) is 1.